The van der Waals surface area contributed by atoms with Gasteiger partial charge in [-0.05, 0) is 29.8 Å². The molecule has 0 aliphatic carbocycles. The van der Waals surface area contributed by atoms with E-state index in [0.717, 1.165) is 0 Å². The van der Waals surface area contributed by atoms with Crippen LogP contribution in [0.25, 0.3) is 11.1 Å². The van der Waals surface area contributed by atoms with Crippen molar-refractivity contribution in [2.24, 2.45) is 0 Å². The molecule has 0 radical (unpaired) electrons. The van der Waals surface area contributed by atoms with Crippen molar-refractivity contribution >= 4 is 0 Å². The molecule has 0 aliphatic heterocycles. The fourth-order valence-electron chi connectivity index (χ4n) is 2.05. The van der Waals surface area contributed by atoms with E-state index in [-0.39, 0.29) is 6.07 Å². The molecule has 9 heteroatoms. The van der Waals surface area contributed by atoms with E-state index in [9.17, 15) is 35.1 Å². The summed E-state index contributed by atoms with van der Waals surface area (Å²) in [6, 6.07) is 2.80. The van der Waals surface area contributed by atoms with Crippen molar-refractivity contribution in [2.45, 2.75) is 12.4 Å². The Morgan fingerprint density at radius 3 is 1.83 bits per heavy atom. The van der Waals surface area contributed by atoms with Crippen LogP contribution in [-0.4, -0.2) is 0 Å². The smallest absolute Gasteiger partial charge is 0.204 e. The van der Waals surface area contributed by atoms with Gasteiger partial charge in [-0.2, -0.15) is 31.6 Å². The van der Waals surface area contributed by atoms with E-state index in [1.165, 1.54) is 6.07 Å². The molecule has 0 unspecified atom stereocenters. The van der Waals surface area contributed by atoms with Gasteiger partial charge in [-0.25, -0.2) is 8.78 Å². The molecule has 0 fully saturated rings. The van der Waals surface area contributed by atoms with Crippen molar-refractivity contribution in [2.75, 3.05) is 0 Å². The van der Waals surface area contributed by atoms with Crippen LogP contribution in [-0.2, 0) is 12.4 Å². The molecule has 126 valence electrons. The summed E-state index contributed by atoms with van der Waals surface area (Å²) in [5, 5.41) is 8.87. The highest BCUT2D eigenvalue weighted by atomic mass is 19.4. The van der Waals surface area contributed by atoms with E-state index in [4.69, 9.17) is 5.26 Å². The van der Waals surface area contributed by atoms with Crippen LogP contribution < -0.4 is 0 Å². The van der Waals surface area contributed by atoms with Crippen molar-refractivity contribution in [3.8, 4) is 17.2 Å². The number of rotatable bonds is 1. The molecule has 2 aromatic rings. The van der Waals surface area contributed by atoms with Crippen molar-refractivity contribution in [1.82, 2.24) is 0 Å². The van der Waals surface area contributed by atoms with Crippen molar-refractivity contribution in [3.63, 3.8) is 0 Å². The fourth-order valence-corrected chi connectivity index (χ4v) is 2.05. The quantitative estimate of drug-likeness (QED) is 0.619. The first kappa shape index (κ1) is 17.7. The second kappa shape index (κ2) is 5.78. The van der Waals surface area contributed by atoms with Gasteiger partial charge in [-0.1, -0.05) is 6.07 Å². The maximum absolute atomic E-state index is 13.3. The average Bonchev–Trinajstić information content (AvgIpc) is 2.47. The van der Waals surface area contributed by atoms with Crippen LogP contribution in [0.3, 0.4) is 0 Å². The number of nitriles is 1. The van der Waals surface area contributed by atoms with Gasteiger partial charge in [0, 0.05) is 5.56 Å². The monoisotopic (exact) mass is 351 g/mol. The van der Waals surface area contributed by atoms with Gasteiger partial charge in [0.15, 0.2) is 11.6 Å². The predicted octanol–water partition coefficient (Wildman–Crippen LogP) is 5.54. The summed E-state index contributed by atoms with van der Waals surface area (Å²) >= 11 is 0. The molecular weight excluding hydrogens is 346 g/mol. The molecule has 0 aromatic heterocycles. The van der Waals surface area contributed by atoms with Gasteiger partial charge in [0.25, 0.3) is 0 Å². The van der Waals surface area contributed by atoms with Gasteiger partial charge in [0.2, 0.25) is 0 Å². The van der Waals surface area contributed by atoms with E-state index in [1.807, 2.05) is 0 Å². The zero-order valence-corrected chi connectivity index (χ0v) is 11.4. The lowest BCUT2D eigenvalue weighted by atomic mass is 9.93. The third-order valence-corrected chi connectivity index (χ3v) is 3.12. The molecule has 0 heterocycles. The highest BCUT2D eigenvalue weighted by molar-refractivity contribution is 5.74. The van der Waals surface area contributed by atoms with Crippen LogP contribution in [0.1, 0.15) is 16.7 Å². The molecule has 0 atom stereocenters. The second-order valence-electron chi connectivity index (χ2n) is 4.68. The van der Waals surface area contributed by atoms with E-state index in [0.29, 0.717) is 24.3 Å². The van der Waals surface area contributed by atoms with Gasteiger partial charge in [-0.15, -0.1) is 0 Å². The Kier molecular flexibility index (Phi) is 4.27. The average molecular weight is 351 g/mol. The summed E-state index contributed by atoms with van der Waals surface area (Å²) < 4.78 is 104. The van der Waals surface area contributed by atoms with Crippen molar-refractivity contribution < 1.29 is 35.1 Å². The molecule has 0 saturated carbocycles. The minimum absolute atomic E-state index is 0.141. The minimum Gasteiger partial charge on any atom is -0.204 e. The Hall–Kier alpha value is -2.63. The molecule has 0 spiro atoms. The first-order valence-electron chi connectivity index (χ1n) is 6.13. The summed E-state index contributed by atoms with van der Waals surface area (Å²) in [7, 11) is 0. The van der Waals surface area contributed by atoms with Gasteiger partial charge < -0.3 is 0 Å². The zero-order valence-electron chi connectivity index (χ0n) is 11.4. The van der Waals surface area contributed by atoms with Crippen LogP contribution in [0.2, 0.25) is 0 Å². The molecule has 0 aliphatic rings. The standard InChI is InChI=1S/C15H5F8N/c16-12-3-7(6-24)10(5-13(12)17)9-2-1-8(14(18,19)20)4-11(9)15(21,22)23/h1-5H. The Balaban J connectivity index is 2.81. The summed E-state index contributed by atoms with van der Waals surface area (Å²) in [5.74, 6) is -2.99. The van der Waals surface area contributed by atoms with Gasteiger partial charge >= 0.3 is 12.4 Å². The summed E-state index contributed by atoms with van der Waals surface area (Å²) in [5.41, 5.74) is -5.41. The molecule has 2 aromatic carbocycles. The SMILES string of the molecule is N#Cc1cc(F)c(F)cc1-c1ccc(C(F)(F)F)cc1C(F)(F)F. The van der Waals surface area contributed by atoms with Gasteiger partial charge in [0.1, 0.15) is 0 Å². The van der Waals surface area contributed by atoms with Gasteiger partial charge in [0.05, 0.1) is 22.8 Å². The number of hydrogen-bond donors (Lipinski definition) is 0. The van der Waals surface area contributed by atoms with Crippen LogP contribution in [0, 0.1) is 23.0 Å². The lowest BCUT2D eigenvalue weighted by molar-refractivity contribution is -0.142. The third kappa shape index (κ3) is 3.32. The van der Waals surface area contributed by atoms with Crippen LogP contribution in [0.4, 0.5) is 35.1 Å². The fraction of sp³-hybridized carbons (Fsp3) is 0.133. The second-order valence-corrected chi connectivity index (χ2v) is 4.68. The van der Waals surface area contributed by atoms with E-state index < -0.39 is 51.8 Å². The topological polar surface area (TPSA) is 23.8 Å². The molecule has 1 nitrogen and oxygen atoms in total. The maximum Gasteiger partial charge on any atom is 0.417 e. The molecule has 2 rings (SSSR count). The molecule has 0 bridgehead atoms. The molecule has 24 heavy (non-hydrogen) atoms. The first-order valence-corrected chi connectivity index (χ1v) is 6.13. The van der Waals surface area contributed by atoms with Crippen LogP contribution in [0.5, 0.6) is 0 Å². The maximum atomic E-state index is 13.3. The lowest BCUT2D eigenvalue weighted by Crippen LogP contribution is -2.12. The summed E-state index contributed by atoms with van der Waals surface area (Å²) in [6.45, 7) is 0. The normalized spacial score (nSPS) is 12.1. The third-order valence-electron chi connectivity index (χ3n) is 3.12. The number of benzene rings is 2. The molecule has 0 N–H and O–H groups in total. The first-order chi connectivity index (χ1) is 10.9. The van der Waals surface area contributed by atoms with E-state index in [1.54, 1.807) is 0 Å². The predicted molar refractivity (Wildman–Crippen MR) is 66.5 cm³/mol. The number of nitrogens with zero attached hydrogens (tertiary/aromatic N) is 1. The van der Waals surface area contributed by atoms with Crippen LogP contribution >= 0.6 is 0 Å². The molecule has 0 amide bonds. The zero-order chi connectivity index (χ0) is 18.3. The van der Waals surface area contributed by atoms with Crippen molar-refractivity contribution in [1.29, 1.82) is 5.26 Å². The molecule has 0 saturated heterocycles. The van der Waals surface area contributed by atoms with Gasteiger partial charge in [-0.3, -0.25) is 0 Å². The van der Waals surface area contributed by atoms with Crippen molar-refractivity contribution in [3.05, 3.63) is 58.7 Å². The largest absolute Gasteiger partial charge is 0.417 e. The Bertz CT molecular complexity index is 827. The Morgan fingerprint density at radius 1 is 0.750 bits per heavy atom. The van der Waals surface area contributed by atoms with Crippen LogP contribution in [0.15, 0.2) is 30.3 Å². The summed E-state index contributed by atoms with van der Waals surface area (Å²) in [6.07, 6.45) is -10.2. The Labute approximate surface area is 129 Å². The highest BCUT2D eigenvalue weighted by Gasteiger charge is 2.38. The number of hydrogen-bond acceptors (Lipinski definition) is 1. The highest BCUT2D eigenvalue weighted by Crippen LogP contribution is 2.41. The number of halogens is 8. The number of alkyl halides is 6. The lowest BCUT2D eigenvalue weighted by Gasteiger charge is -2.17. The van der Waals surface area contributed by atoms with E-state index in [2.05, 4.69) is 0 Å². The Morgan fingerprint density at radius 2 is 1.33 bits per heavy atom. The summed E-state index contributed by atoms with van der Waals surface area (Å²) in [4.78, 5) is 0. The minimum atomic E-state index is -5.20. The molecular formula is C15H5F8N. The van der Waals surface area contributed by atoms with E-state index >= 15 is 0 Å².